The van der Waals surface area contributed by atoms with E-state index in [1.165, 1.54) is 5.56 Å². The third kappa shape index (κ3) is 4.44. The molecule has 4 nitrogen and oxygen atoms in total. The number of ether oxygens (including phenoxy) is 2. The van der Waals surface area contributed by atoms with Crippen LogP contribution in [-0.2, 0) is 11.2 Å². The van der Waals surface area contributed by atoms with E-state index in [1.54, 1.807) is 14.2 Å². The van der Waals surface area contributed by atoms with Crippen LogP contribution in [0.2, 0.25) is 0 Å². The fourth-order valence-corrected chi connectivity index (χ4v) is 2.26. The first-order chi connectivity index (χ1) is 9.29. The van der Waals surface area contributed by atoms with Crippen LogP contribution < -0.4 is 9.47 Å². The number of carboxylic acids is 1. The summed E-state index contributed by atoms with van der Waals surface area (Å²) in [7, 11) is 3.23. The van der Waals surface area contributed by atoms with Crippen molar-refractivity contribution in [2.24, 2.45) is 5.41 Å². The minimum absolute atomic E-state index is 0.180. The number of hydrogen-bond acceptors (Lipinski definition) is 3. The molecular formula is C16H24O4. The van der Waals surface area contributed by atoms with E-state index in [9.17, 15) is 4.79 Å². The highest BCUT2D eigenvalue weighted by atomic mass is 16.5. The van der Waals surface area contributed by atoms with E-state index in [0.717, 1.165) is 24.2 Å². The fourth-order valence-electron chi connectivity index (χ4n) is 2.26. The minimum Gasteiger partial charge on any atom is -0.493 e. The molecule has 20 heavy (non-hydrogen) atoms. The molecule has 0 saturated carbocycles. The maximum Gasteiger partial charge on any atom is 0.303 e. The van der Waals surface area contributed by atoms with Crippen molar-refractivity contribution in [2.45, 2.75) is 40.0 Å². The van der Waals surface area contributed by atoms with Crippen molar-refractivity contribution in [3.8, 4) is 11.5 Å². The maximum absolute atomic E-state index is 10.8. The molecule has 112 valence electrons. The van der Waals surface area contributed by atoms with Crippen LogP contribution in [0.5, 0.6) is 11.5 Å². The summed E-state index contributed by atoms with van der Waals surface area (Å²) in [6.07, 6.45) is 1.82. The van der Waals surface area contributed by atoms with E-state index in [1.807, 2.05) is 32.9 Å². The Morgan fingerprint density at radius 2 is 1.75 bits per heavy atom. The summed E-state index contributed by atoms with van der Waals surface area (Å²) in [5, 5.41) is 8.91. The number of carboxylic acid groups (broad SMARTS) is 1. The number of carbonyl (C=O) groups is 1. The Balaban J connectivity index is 2.85. The van der Waals surface area contributed by atoms with Crippen LogP contribution in [0.15, 0.2) is 12.1 Å². The maximum atomic E-state index is 10.8. The highest BCUT2D eigenvalue weighted by molar-refractivity contribution is 5.67. The molecule has 0 aliphatic carbocycles. The van der Waals surface area contributed by atoms with Crippen molar-refractivity contribution in [2.75, 3.05) is 14.2 Å². The summed E-state index contributed by atoms with van der Waals surface area (Å²) >= 11 is 0. The Bertz CT molecular complexity index is 478. The van der Waals surface area contributed by atoms with Crippen LogP contribution in [0, 0.1) is 12.3 Å². The van der Waals surface area contributed by atoms with Gasteiger partial charge in [-0.1, -0.05) is 13.8 Å². The Hall–Kier alpha value is -1.71. The molecule has 1 aromatic rings. The van der Waals surface area contributed by atoms with Gasteiger partial charge in [-0.2, -0.15) is 0 Å². The fraction of sp³-hybridized carbons (Fsp3) is 0.562. The van der Waals surface area contributed by atoms with Gasteiger partial charge in [0.2, 0.25) is 0 Å². The first kappa shape index (κ1) is 16.3. The van der Waals surface area contributed by atoms with Gasteiger partial charge in [-0.15, -0.1) is 0 Å². The van der Waals surface area contributed by atoms with Gasteiger partial charge in [0.15, 0.2) is 11.5 Å². The van der Waals surface area contributed by atoms with E-state index in [2.05, 4.69) is 0 Å². The van der Waals surface area contributed by atoms with Crippen LogP contribution >= 0.6 is 0 Å². The topological polar surface area (TPSA) is 55.8 Å². The van der Waals surface area contributed by atoms with Crippen LogP contribution in [0.1, 0.15) is 37.8 Å². The second-order valence-corrected chi connectivity index (χ2v) is 5.87. The highest BCUT2D eigenvalue weighted by Gasteiger charge is 2.22. The largest absolute Gasteiger partial charge is 0.493 e. The van der Waals surface area contributed by atoms with Crippen LogP contribution in [0.25, 0.3) is 0 Å². The van der Waals surface area contributed by atoms with Crippen molar-refractivity contribution >= 4 is 5.97 Å². The predicted octanol–water partition coefficient (Wildman–Crippen LogP) is 3.45. The lowest BCUT2D eigenvalue weighted by molar-refractivity contribution is -0.139. The summed E-state index contributed by atoms with van der Waals surface area (Å²) < 4.78 is 10.6. The Morgan fingerprint density at radius 3 is 2.25 bits per heavy atom. The molecule has 0 unspecified atom stereocenters. The van der Waals surface area contributed by atoms with Crippen LogP contribution in [-0.4, -0.2) is 25.3 Å². The lowest BCUT2D eigenvalue weighted by atomic mass is 9.82. The Morgan fingerprint density at radius 1 is 1.20 bits per heavy atom. The highest BCUT2D eigenvalue weighted by Crippen LogP contribution is 2.33. The van der Waals surface area contributed by atoms with Gasteiger partial charge in [0.25, 0.3) is 0 Å². The average Bonchev–Trinajstić information content (AvgIpc) is 2.35. The Kier molecular flexibility index (Phi) is 5.43. The number of aryl methyl sites for hydroxylation is 2. The predicted molar refractivity (Wildman–Crippen MR) is 78.6 cm³/mol. The standard InChI is InChI=1S/C16H24O4/c1-11-8-13(19-4)14(20-5)9-12(11)6-7-16(2,3)10-15(17)18/h8-9H,6-7,10H2,1-5H3,(H,17,18). The molecular weight excluding hydrogens is 256 g/mol. The van der Waals surface area contributed by atoms with Crippen molar-refractivity contribution in [1.82, 2.24) is 0 Å². The van der Waals surface area contributed by atoms with E-state index in [-0.39, 0.29) is 11.8 Å². The number of rotatable bonds is 7. The zero-order valence-corrected chi connectivity index (χ0v) is 12.9. The third-order valence-corrected chi connectivity index (χ3v) is 3.54. The quantitative estimate of drug-likeness (QED) is 0.831. The van der Waals surface area contributed by atoms with Crippen molar-refractivity contribution in [3.05, 3.63) is 23.3 Å². The molecule has 0 bridgehead atoms. The van der Waals surface area contributed by atoms with Gasteiger partial charge in [0.05, 0.1) is 20.6 Å². The number of hydrogen-bond donors (Lipinski definition) is 1. The monoisotopic (exact) mass is 280 g/mol. The van der Waals surface area contributed by atoms with Crippen LogP contribution in [0.3, 0.4) is 0 Å². The zero-order valence-electron chi connectivity index (χ0n) is 12.9. The van der Waals surface area contributed by atoms with Crippen molar-refractivity contribution in [3.63, 3.8) is 0 Å². The smallest absolute Gasteiger partial charge is 0.303 e. The van der Waals surface area contributed by atoms with Gasteiger partial charge in [-0.3, -0.25) is 4.79 Å². The molecule has 0 aliphatic rings. The molecule has 0 heterocycles. The van der Waals surface area contributed by atoms with Crippen molar-refractivity contribution in [1.29, 1.82) is 0 Å². The first-order valence-corrected chi connectivity index (χ1v) is 6.72. The molecule has 4 heteroatoms. The summed E-state index contributed by atoms with van der Waals surface area (Å²) in [6.45, 7) is 6.00. The normalized spacial score (nSPS) is 11.2. The van der Waals surface area contributed by atoms with Gasteiger partial charge in [0, 0.05) is 0 Å². The second kappa shape index (κ2) is 6.64. The number of methoxy groups -OCH3 is 2. The second-order valence-electron chi connectivity index (χ2n) is 5.87. The zero-order chi connectivity index (χ0) is 15.3. The average molecular weight is 280 g/mol. The lowest BCUT2D eigenvalue weighted by Gasteiger charge is -2.23. The first-order valence-electron chi connectivity index (χ1n) is 6.72. The minimum atomic E-state index is -0.751. The van der Waals surface area contributed by atoms with Gasteiger partial charge < -0.3 is 14.6 Å². The summed E-state index contributed by atoms with van der Waals surface area (Å²) in [5.41, 5.74) is 2.08. The van der Waals surface area contributed by atoms with E-state index in [4.69, 9.17) is 14.6 Å². The van der Waals surface area contributed by atoms with E-state index >= 15 is 0 Å². The molecule has 0 aliphatic heterocycles. The SMILES string of the molecule is COc1cc(C)c(CCC(C)(C)CC(=O)O)cc1OC. The third-order valence-electron chi connectivity index (χ3n) is 3.54. The number of benzene rings is 1. The number of aliphatic carboxylic acids is 1. The summed E-state index contributed by atoms with van der Waals surface area (Å²) in [6, 6.07) is 3.93. The van der Waals surface area contributed by atoms with Gasteiger partial charge >= 0.3 is 5.97 Å². The molecule has 0 amide bonds. The van der Waals surface area contributed by atoms with Crippen molar-refractivity contribution < 1.29 is 19.4 Å². The van der Waals surface area contributed by atoms with Gasteiger partial charge in [-0.25, -0.2) is 0 Å². The molecule has 0 spiro atoms. The molecule has 0 radical (unpaired) electrons. The molecule has 0 saturated heterocycles. The molecule has 0 atom stereocenters. The van der Waals surface area contributed by atoms with Crippen LogP contribution in [0.4, 0.5) is 0 Å². The molecule has 0 fully saturated rings. The summed E-state index contributed by atoms with van der Waals surface area (Å²) in [4.78, 5) is 10.8. The molecule has 0 aromatic heterocycles. The molecule has 1 rings (SSSR count). The van der Waals surface area contributed by atoms with E-state index < -0.39 is 5.97 Å². The van der Waals surface area contributed by atoms with Gasteiger partial charge in [0.1, 0.15) is 0 Å². The summed E-state index contributed by atoms with van der Waals surface area (Å²) in [5.74, 6) is 0.682. The van der Waals surface area contributed by atoms with Gasteiger partial charge in [-0.05, 0) is 48.4 Å². The molecule has 1 aromatic carbocycles. The van der Waals surface area contributed by atoms with E-state index in [0.29, 0.717) is 5.75 Å². The molecule has 1 N–H and O–H groups in total. The Labute approximate surface area is 120 Å². The lowest BCUT2D eigenvalue weighted by Crippen LogP contribution is -2.17.